The lowest BCUT2D eigenvalue weighted by atomic mass is 9.56. The van der Waals surface area contributed by atoms with Crippen LogP contribution in [-0.4, -0.2) is 58.3 Å². The summed E-state index contributed by atoms with van der Waals surface area (Å²) < 4.78 is 0. The van der Waals surface area contributed by atoms with E-state index in [-0.39, 0.29) is 30.2 Å². The Morgan fingerprint density at radius 1 is 1.17 bits per heavy atom. The van der Waals surface area contributed by atoms with Gasteiger partial charge in [0.2, 0.25) is 5.91 Å². The molecule has 3 unspecified atom stereocenters. The Hall–Kier alpha value is -2.12. The van der Waals surface area contributed by atoms with Crippen molar-refractivity contribution in [2.45, 2.75) is 103 Å². The molecule has 1 saturated heterocycles. The summed E-state index contributed by atoms with van der Waals surface area (Å²) in [5.41, 5.74) is -0.383. The minimum atomic E-state index is -1.20. The highest BCUT2D eigenvalue weighted by atomic mass is 16.3. The molecule has 7 heteroatoms. The standard InChI is InChI=1S/C27H41N3O4.C2H6/c1-4-11-27(34)19(3)28-13-12-26(27,23-14-22(31)10-5-18(23)2)15-24(32)30(17-21-8-9-21)25(33)29-16-20-6-7-20;1-2/h5,10,14,19-21,28,31,34H,4,6-9,11-13,15-17H2,1-3H3,(H,29,33);1-2H3. The molecule has 0 radical (unpaired) electrons. The van der Waals surface area contributed by atoms with E-state index in [0.717, 1.165) is 43.2 Å². The van der Waals surface area contributed by atoms with E-state index in [1.807, 2.05) is 40.7 Å². The maximum atomic E-state index is 13.9. The van der Waals surface area contributed by atoms with Gasteiger partial charge in [0.25, 0.3) is 0 Å². The number of hydrogen-bond donors (Lipinski definition) is 4. The Labute approximate surface area is 217 Å². The summed E-state index contributed by atoms with van der Waals surface area (Å²) in [6, 6.07) is 4.64. The summed E-state index contributed by atoms with van der Waals surface area (Å²) in [6.07, 6.45) is 6.18. The number of imide groups is 1. The number of carbonyl (C=O) groups is 2. The minimum absolute atomic E-state index is 0.0311. The normalized spacial score (nSPS) is 27.6. The van der Waals surface area contributed by atoms with Crippen molar-refractivity contribution in [3.63, 3.8) is 0 Å². The van der Waals surface area contributed by atoms with Crippen molar-refractivity contribution < 1.29 is 19.8 Å². The molecule has 202 valence electrons. The molecule has 0 bridgehead atoms. The van der Waals surface area contributed by atoms with E-state index >= 15 is 0 Å². The van der Waals surface area contributed by atoms with Gasteiger partial charge in [-0.15, -0.1) is 0 Å². The van der Waals surface area contributed by atoms with Crippen LogP contribution in [0.3, 0.4) is 0 Å². The Morgan fingerprint density at radius 2 is 1.83 bits per heavy atom. The van der Waals surface area contributed by atoms with Crippen LogP contribution in [0, 0.1) is 18.8 Å². The van der Waals surface area contributed by atoms with Crippen LogP contribution in [0.5, 0.6) is 5.75 Å². The third kappa shape index (κ3) is 6.05. The smallest absolute Gasteiger partial charge is 0.324 e. The number of phenolic OH excluding ortho intramolecular Hbond substituents is 1. The maximum absolute atomic E-state index is 13.9. The first kappa shape index (κ1) is 28.5. The first-order valence-electron chi connectivity index (χ1n) is 14.0. The Kier molecular flexibility index (Phi) is 9.44. The third-order valence-electron chi connectivity index (χ3n) is 8.29. The lowest BCUT2D eigenvalue weighted by Crippen LogP contribution is -2.68. The first-order chi connectivity index (χ1) is 17.2. The SMILES string of the molecule is CC.CCCC1(O)C(C)NCCC1(CC(=O)N(CC1CC1)C(=O)NCC1CC1)c1cc(O)ccc1C. The molecule has 7 nitrogen and oxygen atoms in total. The monoisotopic (exact) mass is 501 g/mol. The third-order valence-corrected chi connectivity index (χ3v) is 8.29. The molecule has 1 aromatic carbocycles. The van der Waals surface area contributed by atoms with Crippen LogP contribution >= 0.6 is 0 Å². The largest absolute Gasteiger partial charge is 0.508 e. The quantitative estimate of drug-likeness (QED) is 0.395. The molecular formula is C29H47N3O4. The summed E-state index contributed by atoms with van der Waals surface area (Å²) >= 11 is 0. The number of hydrogen-bond acceptors (Lipinski definition) is 5. The number of nitrogens with one attached hydrogen (secondary N) is 2. The van der Waals surface area contributed by atoms with Gasteiger partial charge in [0.05, 0.1) is 5.60 Å². The van der Waals surface area contributed by atoms with Crippen LogP contribution in [0.15, 0.2) is 18.2 Å². The topological polar surface area (TPSA) is 102 Å². The molecule has 3 fully saturated rings. The number of carbonyl (C=O) groups excluding carboxylic acids is 2. The summed E-state index contributed by atoms with van der Waals surface area (Å²) in [4.78, 5) is 28.4. The zero-order valence-electron chi connectivity index (χ0n) is 22.9. The number of aromatic hydroxyl groups is 1. The van der Waals surface area contributed by atoms with Gasteiger partial charge in [-0.1, -0.05) is 33.3 Å². The summed E-state index contributed by atoms with van der Waals surface area (Å²) in [6.45, 7) is 11.7. The lowest BCUT2D eigenvalue weighted by molar-refractivity contribution is -0.140. The molecule has 3 amide bonds. The molecule has 1 aliphatic heterocycles. The number of nitrogens with zero attached hydrogens (tertiary/aromatic N) is 1. The zero-order valence-corrected chi connectivity index (χ0v) is 22.9. The fourth-order valence-electron chi connectivity index (χ4n) is 5.83. The highest BCUT2D eigenvalue weighted by Gasteiger charge is 2.57. The average Bonchev–Trinajstić information content (AvgIpc) is 3.78. The second kappa shape index (κ2) is 12.0. The molecule has 3 aliphatic rings. The molecule has 0 spiro atoms. The van der Waals surface area contributed by atoms with Crippen LogP contribution in [0.25, 0.3) is 0 Å². The number of amides is 3. The Bertz CT molecular complexity index is 914. The van der Waals surface area contributed by atoms with E-state index in [1.165, 1.54) is 4.90 Å². The van der Waals surface area contributed by atoms with E-state index in [4.69, 9.17) is 0 Å². The lowest BCUT2D eigenvalue weighted by Gasteiger charge is -2.55. The number of phenols is 1. The molecule has 4 N–H and O–H groups in total. The van der Waals surface area contributed by atoms with Crippen molar-refractivity contribution >= 4 is 11.9 Å². The highest BCUT2D eigenvalue weighted by molar-refractivity contribution is 5.95. The maximum Gasteiger partial charge on any atom is 0.324 e. The number of piperidine rings is 1. The number of aryl methyl sites for hydroxylation is 1. The second-order valence-corrected chi connectivity index (χ2v) is 10.9. The van der Waals surface area contributed by atoms with Gasteiger partial charge in [-0.25, -0.2) is 4.79 Å². The van der Waals surface area contributed by atoms with Gasteiger partial charge in [-0.3, -0.25) is 9.69 Å². The summed E-state index contributed by atoms with van der Waals surface area (Å²) in [7, 11) is 0. The number of benzene rings is 1. The molecule has 0 aromatic heterocycles. The molecular weight excluding hydrogens is 454 g/mol. The fraction of sp³-hybridized carbons (Fsp3) is 0.724. The van der Waals surface area contributed by atoms with Crippen molar-refractivity contribution in [1.82, 2.24) is 15.5 Å². The van der Waals surface area contributed by atoms with E-state index in [2.05, 4.69) is 10.6 Å². The van der Waals surface area contributed by atoms with E-state index in [9.17, 15) is 19.8 Å². The van der Waals surface area contributed by atoms with E-state index in [1.54, 1.807) is 12.1 Å². The molecule has 1 aromatic rings. The van der Waals surface area contributed by atoms with E-state index < -0.39 is 11.0 Å². The van der Waals surface area contributed by atoms with Crippen molar-refractivity contribution in [3.05, 3.63) is 29.3 Å². The molecule has 1 heterocycles. The minimum Gasteiger partial charge on any atom is -0.508 e. The van der Waals surface area contributed by atoms with Gasteiger partial charge < -0.3 is 20.8 Å². The van der Waals surface area contributed by atoms with Gasteiger partial charge in [0.1, 0.15) is 5.75 Å². The average molecular weight is 502 g/mol. The summed E-state index contributed by atoms with van der Waals surface area (Å²) in [5.74, 6) is 0.777. The van der Waals surface area contributed by atoms with Crippen LogP contribution in [-0.2, 0) is 10.2 Å². The molecule has 4 rings (SSSR count). The first-order valence-corrected chi connectivity index (χ1v) is 14.0. The fourth-order valence-corrected chi connectivity index (χ4v) is 5.83. The van der Waals surface area contributed by atoms with E-state index in [0.29, 0.717) is 44.3 Å². The van der Waals surface area contributed by atoms with Gasteiger partial charge >= 0.3 is 6.03 Å². The van der Waals surface area contributed by atoms with Crippen molar-refractivity contribution in [2.75, 3.05) is 19.6 Å². The number of rotatable bonds is 9. The highest BCUT2D eigenvalue weighted by Crippen LogP contribution is 2.50. The predicted octanol–water partition coefficient (Wildman–Crippen LogP) is 4.63. The van der Waals surface area contributed by atoms with Gasteiger partial charge in [0.15, 0.2) is 0 Å². The predicted molar refractivity (Wildman–Crippen MR) is 143 cm³/mol. The van der Waals surface area contributed by atoms with Crippen molar-refractivity contribution in [1.29, 1.82) is 0 Å². The Balaban J connectivity index is 0.00000176. The van der Waals surface area contributed by atoms with Gasteiger partial charge in [0, 0.05) is 31.0 Å². The van der Waals surface area contributed by atoms with Crippen LogP contribution in [0.1, 0.15) is 90.2 Å². The Morgan fingerprint density at radius 3 is 2.44 bits per heavy atom. The molecule has 3 atom stereocenters. The van der Waals surface area contributed by atoms with Crippen molar-refractivity contribution in [3.8, 4) is 5.75 Å². The van der Waals surface area contributed by atoms with Crippen LogP contribution in [0.2, 0.25) is 0 Å². The van der Waals surface area contributed by atoms with Gasteiger partial charge in [-0.05, 0) is 94.0 Å². The molecule has 2 saturated carbocycles. The molecule has 36 heavy (non-hydrogen) atoms. The van der Waals surface area contributed by atoms with Crippen molar-refractivity contribution in [2.24, 2.45) is 11.8 Å². The molecule has 2 aliphatic carbocycles. The van der Waals surface area contributed by atoms with Crippen LogP contribution < -0.4 is 10.6 Å². The summed E-state index contributed by atoms with van der Waals surface area (Å²) in [5, 5.41) is 29.0. The zero-order chi connectivity index (χ0) is 26.5. The van der Waals surface area contributed by atoms with Crippen LogP contribution in [0.4, 0.5) is 4.79 Å². The number of aliphatic hydroxyl groups is 1. The second-order valence-electron chi connectivity index (χ2n) is 10.9. The van der Waals surface area contributed by atoms with Gasteiger partial charge in [-0.2, -0.15) is 0 Å². The number of urea groups is 1.